The summed E-state index contributed by atoms with van der Waals surface area (Å²) in [5.41, 5.74) is 2.80. The van der Waals surface area contributed by atoms with Gasteiger partial charge in [-0.05, 0) is 24.6 Å². The molecule has 1 heterocycles. The first kappa shape index (κ1) is 15.0. The summed E-state index contributed by atoms with van der Waals surface area (Å²) < 4.78 is 27.2. The van der Waals surface area contributed by atoms with Crippen molar-refractivity contribution >= 4 is 23.0 Å². The number of nitrogens with one attached hydrogen (secondary N) is 2. The van der Waals surface area contributed by atoms with Crippen molar-refractivity contribution in [1.82, 2.24) is 4.98 Å². The van der Waals surface area contributed by atoms with E-state index in [2.05, 4.69) is 15.6 Å². The summed E-state index contributed by atoms with van der Waals surface area (Å²) >= 11 is 0. The van der Waals surface area contributed by atoms with Crippen LogP contribution in [0.3, 0.4) is 0 Å². The van der Waals surface area contributed by atoms with Crippen LogP contribution in [0.4, 0.5) is 31.8 Å². The lowest BCUT2D eigenvalue weighted by atomic mass is 10.1. The van der Waals surface area contributed by atoms with Gasteiger partial charge in [-0.25, -0.2) is 13.8 Å². The minimum Gasteiger partial charge on any atom is -0.377 e. The Morgan fingerprint density at radius 2 is 1.71 bits per heavy atom. The second-order valence-electron chi connectivity index (χ2n) is 4.92. The number of halogens is 2. The molecule has 0 atom stereocenters. The van der Waals surface area contributed by atoms with Crippen molar-refractivity contribution in [2.24, 2.45) is 0 Å². The first-order valence-corrected chi connectivity index (χ1v) is 6.51. The zero-order valence-corrected chi connectivity index (χ0v) is 12.5. The molecule has 2 rings (SSSR count). The third-order valence-electron chi connectivity index (χ3n) is 3.12. The van der Waals surface area contributed by atoms with E-state index in [0.717, 1.165) is 17.3 Å². The van der Waals surface area contributed by atoms with Crippen molar-refractivity contribution in [3.63, 3.8) is 0 Å². The molecule has 0 aliphatic carbocycles. The standard InChI is InChI=1S/C15H18F2N4/c1-9-5-6-10(7-13(9)21(3)4)19-15-12(17)8-11(16)14(18-2)20-15/h5-8H,1-4H3,(H2,18,19,20). The third kappa shape index (κ3) is 3.21. The summed E-state index contributed by atoms with van der Waals surface area (Å²) in [5.74, 6) is -1.48. The van der Waals surface area contributed by atoms with E-state index < -0.39 is 11.6 Å². The lowest BCUT2D eigenvalue weighted by Gasteiger charge is -2.17. The monoisotopic (exact) mass is 292 g/mol. The molecule has 0 spiro atoms. The molecule has 0 bridgehead atoms. The Kier molecular flexibility index (Phi) is 4.26. The summed E-state index contributed by atoms with van der Waals surface area (Å²) in [6, 6.07) is 6.45. The largest absolute Gasteiger partial charge is 0.377 e. The van der Waals surface area contributed by atoms with Crippen LogP contribution in [0.2, 0.25) is 0 Å². The number of hydrogen-bond donors (Lipinski definition) is 2. The Morgan fingerprint density at radius 1 is 1.05 bits per heavy atom. The smallest absolute Gasteiger partial charge is 0.169 e. The molecule has 4 nitrogen and oxygen atoms in total. The first-order chi connectivity index (χ1) is 9.92. The molecule has 1 aromatic carbocycles. The molecule has 0 aliphatic rings. The molecule has 0 aliphatic heterocycles. The highest BCUT2D eigenvalue weighted by atomic mass is 19.1. The Hall–Kier alpha value is -2.37. The van der Waals surface area contributed by atoms with Gasteiger partial charge in [0.15, 0.2) is 23.3 Å². The minimum atomic E-state index is -0.738. The van der Waals surface area contributed by atoms with Crippen LogP contribution in [0.15, 0.2) is 24.3 Å². The van der Waals surface area contributed by atoms with E-state index in [1.807, 2.05) is 44.1 Å². The van der Waals surface area contributed by atoms with E-state index in [1.165, 1.54) is 7.05 Å². The van der Waals surface area contributed by atoms with Gasteiger partial charge in [0.05, 0.1) is 0 Å². The van der Waals surface area contributed by atoms with Gasteiger partial charge in [0, 0.05) is 38.6 Å². The van der Waals surface area contributed by atoms with Crippen molar-refractivity contribution in [3.05, 3.63) is 41.5 Å². The van der Waals surface area contributed by atoms with Crippen LogP contribution in [0.1, 0.15) is 5.56 Å². The number of benzene rings is 1. The second-order valence-corrected chi connectivity index (χ2v) is 4.92. The molecule has 112 valence electrons. The number of aromatic nitrogens is 1. The van der Waals surface area contributed by atoms with Crippen molar-refractivity contribution in [2.45, 2.75) is 6.92 Å². The fourth-order valence-electron chi connectivity index (χ4n) is 2.04. The maximum atomic E-state index is 13.8. The molecule has 0 amide bonds. The molecule has 6 heteroatoms. The lowest BCUT2D eigenvalue weighted by molar-refractivity contribution is 0.580. The van der Waals surface area contributed by atoms with Gasteiger partial charge in [-0.15, -0.1) is 0 Å². The predicted molar refractivity (Wildman–Crippen MR) is 82.5 cm³/mol. The van der Waals surface area contributed by atoms with Crippen LogP contribution in [-0.2, 0) is 0 Å². The van der Waals surface area contributed by atoms with Gasteiger partial charge in [-0.3, -0.25) is 0 Å². The van der Waals surface area contributed by atoms with E-state index in [0.29, 0.717) is 5.69 Å². The molecule has 0 radical (unpaired) electrons. The van der Waals surface area contributed by atoms with E-state index in [9.17, 15) is 8.78 Å². The molecular weight excluding hydrogens is 274 g/mol. The average Bonchev–Trinajstić information content (AvgIpc) is 2.43. The quantitative estimate of drug-likeness (QED) is 0.904. The SMILES string of the molecule is CNc1nc(Nc2ccc(C)c(N(C)C)c2)c(F)cc1F. The fraction of sp³-hybridized carbons (Fsp3) is 0.267. The number of hydrogen-bond acceptors (Lipinski definition) is 4. The normalized spacial score (nSPS) is 10.4. The van der Waals surface area contributed by atoms with Crippen LogP contribution in [-0.4, -0.2) is 26.1 Å². The molecule has 0 unspecified atom stereocenters. The molecule has 0 saturated heterocycles. The molecule has 2 N–H and O–H groups in total. The van der Waals surface area contributed by atoms with E-state index in [4.69, 9.17) is 0 Å². The van der Waals surface area contributed by atoms with Gasteiger partial charge >= 0.3 is 0 Å². The van der Waals surface area contributed by atoms with E-state index in [-0.39, 0.29) is 11.6 Å². The van der Waals surface area contributed by atoms with Crippen LogP contribution < -0.4 is 15.5 Å². The van der Waals surface area contributed by atoms with Crippen molar-refractivity contribution in [3.8, 4) is 0 Å². The zero-order chi connectivity index (χ0) is 15.6. The molecule has 1 aromatic heterocycles. The van der Waals surface area contributed by atoms with Crippen LogP contribution in [0.5, 0.6) is 0 Å². The topological polar surface area (TPSA) is 40.2 Å². The highest BCUT2D eigenvalue weighted by molar-refractivity contribution is 5.66. The Balaban J connectivity index is 2.36. The number of anilines is 4. The maximum Gasteiger partial charge on any atom is 0.169 e. The highest BCUT2D eigenvalue weighted by Gasteiger charge is 2.12. The minimum absolute atomic E-state index is 0.00107. The van der Waals surface area contributed by atoms with Gasteiger partial charge < -0.3 is 15.5 Å². The summed E-state index contributed by atoms with van der Waals surface area (Å²) in [6.07, 6.45) is 0. The average molecular weight is 292 g/mol. The molecule has 21 heavy (non-hydrogen) atoms. The first-order valence-electron chi connectivity index (χ1n) is 6.51. The summed E-state index contributed by atoms with van der Waals surface area (Å²) in [7, 11) is 5.40. The van der Waals surface area contributed by atoms with Gasteiger partial charge in [0.1, 0.15) is 0 Å². The Morgan fingerprint density at radius 3 is 2.33 bits per heavy atom. The molecule has 2 aromatic rings. The Labute approximate surface area is 122 Å². The van der Waals surface area contributed by atoms with Crippen molar-refractivity contribution < 1.29 is 8.78 Å². The number of aryl methyl sites for hydroxylation is 1. The third-order valence-corrected chi connectivity index (χ3v) is 3.12. The predicted octanol–water partition coefficient (Wildman–Crippen LogP) is 3.52. The number of rotatable bonds is 4. The van der Waals surface area contributed by atoms with Crippen molar-refractivity contribution in [2.75, 3.05) is 36.7 Å². The van der Waals surface area contributed by atoms with Crippen molar-refractivity contribution in [1.29, 1.82) is 0 Å². The molecular formula is C15H18F2N4. The van der Waals surface area contributed by atoms with Gasteiger partial charge in [0.25, 0.3) is 0 Å². The van der Waals surface area contributed by atoms with Crippen LogP contribution in [0, 0.1) is 18.6 Å². The van der Waals surface area contributed by atoms with Gasteiger partial charge in [-0.1, -0.05) is 6.07 Å². The van der Waals surface area contributed by atoms with Crippen LogP contribution >= 0.6 is 0 Å². The summed E-state index contributed by atoms with van der Waals surface area (Å²) in [5, 5.41) is 5.46. The van der Waals surface area contributed by atoms with E-state index >= 15 is 0 Å². The maximum absolute atomic E-state index is 13.8. The lowest BCUT2D eigenvalue weighted by Crippen LogP contribution is -2.10. The molecule has 0 fully saturated rings. The van der Waals surface area contributed by atoms with Gasteiger partial charge in [-0.2, -0.15) is 0 Å². The van der Waals surface area contributed by atoms with Crippen LogP contribution in [0.25, 0.3) is 0 Å². The highest BCUT2D eigenvalue weighted by Crippen LogP contribution is 2.26. The van der Waals surface area contributed by atoms with E-state index in [1.54, 1.807) is 0 Å². The summed E-state index contributed by atoms with van der Waals surface area (Å²) in [4.78, 5) is 5.86. The number of pyridine rings is 1. The zero-order valence-electron chi connectivity index (χ0n) is 12.5. The number of nitrogens with zero attached hydrogens (tertiary/aromatic N) is 2. The molecule has 0 saturated carbocycles. The van der Waals surface area contributed by atoms with Gasteiger partial charge in [0.2, 0.25) is 0 Å². The summed E-state index contributed by atoms with van der Waals surface area (Å²) in [6.45, 7) is 1.99. The fourth-order valence-corrected chi connectivity index (χ4v) is 2.04. The second kappa shape index (κ2) is 5.95. The Bertz CT molecular complexity index is 656.